The molecule has 0 bridgehead atoms. The minimum absolute atomic E-state index is 0.0662. The molecule has 1 aromatic rings. The molecular weight excluding hydrogens is 458 g/mol. The van der Waals surface area contributed by atoms with E-state index in [-0.39, 0.29) is 28.0 Å². The Bertz CT molecular complexity index is 906. The van der Waals surface area contributed by atoms with E-state index >= 15 is 0 Å². The van der Waals surface area contributed by atoms with Crippen LogP contribution in [-0.4, -0.2) is 61.7 Å². The lowest BCUT2D eigenvalue weighted by Gasteiger charge is -2.31. The largest absolute Gasteiger partial charge is 0.353 e. The van der Waals surface area contributed by atoms with Crippen molar-refractivity contribution in [1.82, 2.24) is 14.5 Å². The number of hydrogen-bond donors (Lipinski definition) is 1. The second-order valence-corrected chi connectivity index (χ2v) is 12.8. The first kappa shape index (κ1) is 24.7. The molecule has 184 valence electrons. The van der Waals surface area contributed by atoms with Gasteiger partial charge in [-0.15, -0.1) is 11.3 Å². The molecule has 1 saturated carbocycles. The van der Waals surface area contributed by atoms with Crippen LogP contribution in [0.25, 0.3) is 0 Å². The fourth-order valence-electron chi connectivity index (χ4n) is 5.25. The summed E-state index contributed by atoms with van der Waals surface area (Å²) in [5.74, 6) is -0.105. The first-order chi connectivity index (χ1) is 15.9. The molecule has 3 aliphatic rings. The molecule has 1 aromatic heterocycles. The molecule has 9 heteroatoms. The van der Waals surface area contributed by atoms with Crippen molar-refractivity contribution in [2.45, 2.75) is 87.3 Å². The molecule has 0 radical (unpaired) electrons. The van der Waals surface area contributed by atoms with Gasteiger partial charge >= 0.3 is 0 Å². The molecule has 3 fully saturated rings. The summed E-state index contributed by atoms with van der Waals surface area (Å²) in [5.41, 5.74) is 0.470. The van der Waals surface area contributed by atoms with Gasteiger partial charge in [-0.3, -0.25) is 9.59 Å². The third-order valence-electron chi connectivity index (χ3n) is 7.34. The Labute approximate surface area is 202 Å². The van der Waals surface area contributed by atoms with Crippen LogP contribution in [0.5, 0.6) is 0 Å². The second kappa shape index (κ2) is 11.3. The van der Waals surface area contributed by atoms with E-state index in [2.05, 4.69) is 5.32 Å². The average molecular weight is 496 g/mol. The van der Waals surface area contributed by atoms with Gasteiger partial charge in [-0.25, -0.2) is 8.42 Å². The van der Waals surface area contributed by atoms with Gasteiger partial charge in [0, 0.05) is 43.5 Å². The number of piperidine rings is 1. The molecule has 0 spiro atoms. The minimum Gasteiger partial charge on any atom is -0.353 e. The van der Waals surface area contributed by atoms with E-state index in [0.717, 1.165) is 63.0 Å². The number of nitrogens with zero attached hydrogens (tertiary/aromatic N) is 2. The normalized spacial score (nSPS) is 22.5. The third-order valence-corrected chi connectivity index (χ3v) is 10.6. The molecule has 3 heterocycles. The van der Waals surface area contributed by atoms with E-state index in [1.807, 2.05) is 4.90 Å². The van der Waals surface area contributed by atoms with E-state index < -0.39 is 10.0 Å². The monoisotopic (exact) mass is 495 g/mol. The van der Waals surface area contributed by atoms with Crippen LogP contribution in [-0.2, 0) is 14.8 Å². The van der Waals surface area contributed by atoms with Gasteiger partial charge in [-0.2, -0.15) is 4.31 Å². The van der Waals surface area contributed by atoms with Gasteiger partial charge in [0.05, 0.1) is 5.56 Å². The van der Waals surface area contributed by atoms with Gasteiger partial charge in [0.2, 0.25) is 5.91 Å². The first-order valence-electron chi connectivity index (χ1n) is 12.6. The standard InChI is InChI=1S/C24H37N3O4S2/c28-23(25-21-9-5-1-2-6-10-21)19-11-15-27(16-12-19)33(30,31)22-17-20(18-32-22)24(29)26-13-7-3-4-8-14-26/h17-19,21H,1-16H2,(H,25,28). The van der Waals surface area contributed by atoms with Crippen molar-refractivity contribution >= 4 is 33.2 Å². The van der Waals surface area contributed by atoms with Crippen LogP contribution < -0.4 is 5.32 Å². The molecule has 33 heavy (non-hydrogen) atoms. The lowest BCUT2D eigenvalue weighted by molar-refractivity contribution is -0.126. The Morgan fingerprint density at radius 1 is 0.848 bits per heavy atom. The zero-order valence-corrected chi connectivity index (χ0v) is 21.1. The molecule has 1 N–H and O–H groups in total. The molecule has 2 aliphatic heterocycles. The third kappa shape index (κ3) is 6.17. The minimum atomic E-state index is -3.64. The number of sulfonamides is 1. The number of nitrogens with one attached hydrogen (secondary N) is 1. The van der Waals surface area contributed by atoms with E-state index in [4.69, 9.17) is 0 Å². The van der Waals surface area contributed by atoms with Gasteiger partial charge in [0.1, 0.15) is 4.21 Å². The Kier molecular flexibility index (Phi) is 8.46. The fourth-order valence-corrected chi connectivity index (χ4v) is 8.02. The number of likely N-dealkylation sites (tertiary alicyclic amines) is 1. The smallest absolute Gasteiger partial charge is 0.254 e. The highest BCUT2D eigenvalue weighted by Crippen LogP contribution is 2.29. The summed E-state index contributed by atoms with van der Waals surface area (Å²) >= 11 is 1.12. The number of carbonyl (C=O) groups is 2. The summed E-state index contributed by atoms with van der Waals surface area (Å²) in [6, 6.07) is 1.81. The topological polar surface area (TPSA) is 86.8 Å². The van der Waals surface area contributed by atoms with E-state index in [1.165, 1.54) is 36.1 Å². The number of rotatable bonds is 5. The molecule has 7 nitrogen and oxygen atoms in total. The van der Waals surface area contributed by atoms with Crippen molar-refractivity contribution in [2.24, 2.45) is 5.92 Å². The average Bonchev–Trinajstić information content (AvgIpc) is 2.99. The predicted molar refractivity (Wildman–Crippen MR) is 130 cm³/mol. The van der Waals surface area contributed by atoms with E-state index in [0.29, 0.717) is 31.5 Å². The summed E-state index contributed by atoms with van der Waals surface area (Å²) in [4.78, 5) is 27.4. The summed E-state index contributed by atoms with van der Waals surface area (Å²) in [5, 5.41) is 4.89. The molecule has 2 amide bonds. The zero-order valence-electron chi connectivity index (χ0n) is 19.5. The van der Waals surface area contributed by atoms with Crippen LogP contribution >= 0.6 is 11.3 Å². The van der Waals surface area contributed by atoms with Crippen molar-refractivity contribution < 1.29 is 18.0 Å². The molecule has 0 atom stereocenters. The zero-order chi connectivity index (χ0) is 23.3. The second-order valence-electron chi connectivity index (χ2n) is 9.74. The lowest BCUT2D eigenvalue weighted by atomic mass is 9.96. The summed E-state index contributed by atoms with van der Waals surface area (Å²) < 4.78 is 28.1. The first-order valence-corrected chi connectivity index (χ1v) is 15.0. The molecule has 0 unspecified atom stereocenters. The Balaban J connectivity index is 1.32. The van der Waals surface area contributed by atoms with E-state index in [9.17, 15) is 18.0 Å². The highest BCUT2D eigenvalue weighted by Gasteiger charge is 2.34. The molecule has 1 aliphatic carbocycles. The van der Waals surface area contributed by atoms with Crippen molar-refractivity contribution in [3.05, 3.63) is 17.0 Å². The van der Waals surface area contributed by atoms with Gasteiger partial charge < -0.3 is 10.2 Å². The Hall–Kier alpha value is -1.45. The van der Waals surface area contributed by atoms with Crippen LogP contribution in [0, 0.1) is 5.92 Å². The molecule has 2 saturated heterocycles. The van der Waals surface area contributed by atoms with Crippen molar-refractivity contribution in [2.75, 3.05) is 26.2 Å². The highest BCUT2D eigenvalue weighted by molar-refractivity contribution is 7.91. The van der Waals surface area contributed by atoms with Crippen LogP contribution in [0.2, 0.25) is 0 Å². The van der Waals surface area contributed by atoms with Crippen molar-refractivity contribution in [1.29, 1.82) is 0 Å². The molecule has 4 rings (SSSR count). The van der Waals surface area contributed by atoms with E-state index in [1.54, 1.807) is 5.38 Å². The maximum atomic E-state index is 13.2. The Morgan fingerprint density at radius 3 is 2.09 bits per heavy atom. The Morgan fingerprint density at radius 2 is 1.45 bits per heavy atom. The van der Waals surface area contributed by atoms with Gasteiger partial charge in [-0.05, 0) is 44.6 Å². The maximum Gasteiger partial charge on any atom is 0.254 e. The van der Waals surface area contributed by atoms with Gasteiger partial charge in [-0.1, -0.05) is 38.5 Å². The number of carbonyl (C=O) groups excluding carboxylic acids is 2. The maximum absolute atomic E-state index is 13.2. The quantitative estimate of drug-likeness (QED) is 0.626. The summed E-state index contributed by atoms with van der Waals surface area (Å²) in [7, 11) is -3.64. The molecule has 0 aromatic carbocycles. The molecular formula is C24H37N3O4S2. The number of thiophene rings is 1. The highest BCUT2D eigenvalue weighted by atomic mass is 32.2. The fraction of sp³-hybridized carbons (Fsp3) is 0.750. The summed E-state index contributed by atoms with van der Waals surface area (Å²) in [6.45, 7) is 2.18. The van der Waals surface area contributed by atoms with Crippen LogP contribution in [0.3, 0.4) is 0 Å². The summed E-state index contributed by atoms with van der Waals surface area (Å²) in [6.07, 6.45) is 12.3. The lowest BCUT2D eigenvalue weighted by Crippen LogP contribution is -2.45. The SMILES string of the molecule is O=C(NC1CCCCCC1)C1CCN(S(=O)(=O)c2cc(C(=O)N3CCCCCC3)cs2)CC1. The van der Waals surface area contributed by atoms with Crippen LogP contribution in [0.4, 0.5) is 0 Å². The van der Waals surface area contributed by atoms with Crippen LogP contribution in [0.1, 0.15) is 87.4 Å². The number of amides is 2. The van der Waals surface area contributed by atoms with Gasteiger partial charge in [0.25, 0.3) is 15.9 Å². The van der Waals surface area contributed by atoms with Crippen molar-refractivity contribution in [3.63, 3.8) is 0 Å². The van der Waals surface area contributed by atoms with Crippen molar-refractivity contribution in [3.8, 4) is 0 Å². The van der Waals surface area contributed by atoms with Gasteiger partial charge in [0.15, 0.2) is 0 Å². The number of hydrogen-bond acceptors (Lipinski definition) is 5. The predicted octanol–water partition coefficient (Wildman–Crippen LogP) is 4.00. The van der Waals surface area contributed by atoms with Crippen LogP contribution in [0.15, 0.2) is 15.7 Å².